The highest BCUT2D eigenvalue weighted by atomic mass is 16.5. The molecule has 0 aliphatic rings. The van der Waals surface area contributed by atoms with Gasteiger partial charge in [0.05, 0.1) is 13.7 Å². The molecule has 0 spiro atoms. The lowest BCUT2D eigenvalue weighted by atomic mass is 10.2. The van der Waals surface area contributed by atoms with Crippen molar-refractivity contribution >= 4 is 17.8 Å². The molecular weight excluding hydrogens is 354 g/mol. The highest BCUT2D eigenvalue weighted by Gasteiger charge is 2.06. The lowest BCUT2D eigenvalue weighted by molar-refractivity contribution is -0.116. The van der Waals surface area contributed by atoms with Gasteiger partial charge in [0.25, 0.3) is 0 Å². The molecule has 1 amide bonds. The molecule has 0 atom stereocenters. The minimum atomic E-state index is -0.165. The van der Waals surface area contributed by atoms with Crippen LogP contribution < -0.4 is 19.7 Å². The molecule has 150 valence electrons. The van der Waals surface area contributed by atoms with Gasteiger partial charge in [-0.2, -0.15) is 0 Å². The summed E-state index contributed by atoms with van der Waals surface area (Å²) in [6.45, 7) is 5.25. The number of ether oxygens (including phenoxy) is 2. The zero-order chi connectivity index (χ0) is 20.5. The number of rotatable bonds is 9. The van der Waals surface area contributed by atoms with E-state index in [1.165, 1.54) is 6.08 Å². The molecule has 2 aromatic rings. The van der Waals surface area contributed by atoms with Crippen LogP contribution in [0.25, 0.3) is 6.08 Å². The number of aromatic nitrogens is 1. The number of benzene rings is 1. The topological polar surface area (TPSA) is 63.7 Å². The standard InChI is InChI=1S/C22H29N3O3/c1-16(2)15-28-19-8-6-17(12-20(19)27-5)7-9-22(26)24-14-18-10-11-23-21(13-18)25(3)4/h6-13,16H,14-15H2,1-5H3,(H,24,26)/b9-7+. The van der Waals surface area contributed by atoms with Crippen LogP contribution in [0, 0.1) is 5.92 Å². The fourth-order valence-electron chi connectivity index (χ4n) is 2.40. The molecule has 0 aliphatic heterocycles. The molecule has 0 saturated heterocycles. The third kappa shape index (κ3) is 6.61. The van der Waals surface area contributed by atoms with E-state index in [0.717, 1.165) is 16.9 Å². The highest BCUT2D eigenvalue weighted by molar-refractivity contribution is 5.91. The summed E-state index contributed by atoms with van der Waals surface area (Å²) in [6.07, 6.45) is 5.00. The number of pyridine rings is 1. The first kappa shape index (κ1) is 21.3. The van der Waals surface area contributed by atoms with Gasteiger partial charge < -0.3 is 19.7 Å². The Bertz CT molecular complexity index is 816. The lowest BCUT2D eigenvalue weighted by Gasteiger charge is -2.13. The van der Waals surface area contributed by atoms with Gasteiger partial charge in [-0.3, -0.25) is 4.79 Å². The molecular formula is C22H29N3O3. The van der Waals surface area contributed by atoms with Crippen molar-refractivity contribution < 1.29 is 14.3 Å². The average Bonchev–Trinajstić information content (AvgIpc) is 2.69. The third-order valence-electron chi connectivity index (χ3n) is 3.92. The maximum absolute atomic E-state index is 12.1. The Morgan fingerprint density at radius 2 is 2.00 bits per heavy atom. The van der Waals surface area contributed by atoms with Crippen LogP contribution in [0.4, 0.5) is 5.82 Å². The van der Waals surface area contributed by atoms with Crippen LogP contribution in [0.15, 0.2) is 42.6 Å². The van der Waals surface area contributed by atoms with Crippen LogP contribution in [0.1, 0.15) is 25.0 Å². The largest absolute Gasteiger partial charge is 0.493 e. The quantitative estimate of drug-likeness (QED) is 0.671. The van der Waals surface area contributed by atoms with Crippen molar-refractivity contribution in [3.63, 3.8) is 0 Å². The minimum absolute atomic E-state index is 0.165. The fraction of sp³-hybridized carbons (Fsp3) is 0.364. The summed E-state index contributed by atoms with van der Waals surface area (Å²) in [5.41, 5.74) is 1.86. The minimum Gasteiger partial charge on any atom is -0.493 e. The molecule has 0 saturated carbocycles. The average molecular weight is 383 g/mol. The van der Waals surface area contributed by atoms with E-state index in [1.54, 1.807) is 19.4 Å². The second kappa shape index (κ2) is 10.3. The van der Waals surface area contributed by atoms with Crippen molar-refractivity contribution in [1.82, 2.24) is 10.3 Å². The Hall–Kier alpha value is -3.02. The maximum Gasteiger partial charge on any atom is 0.244 e. The zero-order valence-corrected chi connectivity index (χ0v) is 17.2. The van der Waals surface area contributed by atoms with E-state index in [9.17, 15) is 4.79 Å². The van der Waals surface area contributed by atoms with Crippen LogP contribution in [-0.4, -0.2) is 38.7 Å². The van der Waals surface area contributed by atoms with Gasteiger partial charge in [0.2, 0.25) is 5.91 Å². The first-order chi connectivity index (χ1) is 13.4. The van der Waals surface area contributed by atoms with E-state index in [1.807, 2.05) is 49.3 Å². The Morgan fingerprint density at radius 3 is 2.68 bits per heavy atom. The van der Waals surface area contributed by atoms with Gasteiger partial charge in [0.15, 0.2) is 11.5 Å². The summed E-state index contributed by atoms with van der Waals surface area (Å²) in [4.78, 5) is 18.3. The SMILES string of the molecule is COc1cc(/C=C/C(=O)NCc2ccnc(N(C)C)c2)ccc1OCC(C)C. The molecule has 6 nitrogen and oxygen atoms in total. The molecule has 28 heavy (non-hydrogen) atoms. The summed E-state index contributed by atoms with van der Waals surface area (Å²) in [6, 6.07) is 9.45. The molecule has 1 heterocycles. The van der Waals surface area contributed by atoms with E-state index in [4.69, 9.17) is 9.47 Å². The van der Waals surface area contributed by atoms with Gasteiger partial charge in [-0.25, -0.2) is 4.98 Å². The van der Waals surface area contributed by atoms with E-state index >= 15 is 0 Å². The molecule has 1 aromatic carbocycles. The van der Waals surface area contributed by atoms with E-state index in [0.29, 0.717) is 30.6 Å². The first-order valence-corrected chi connectivity index (χ1v) is 9.28. The zero-order valence-electron chi connectivity index (χ0n) is 17.2. The molecule has 0 bridgehead atoms. The van der Waals surface area contributed by atoms with Crippen molar-refractivity contribution in [2.45, 2.75) is 20.4 Å². The molecule has 0 fully saturated rings. The predicted octanol–water partition coefficient (Wildman–Crippen LogP) is 3.52. The summed E-state index contributed by atoms with van der Waals surface area (Å²) in [7, 11) is 5.47. The van der Waals surface area contributed by atoms with Crippen molar-refractivity contribution in [1.29, 1.82) is 0 Å². The second-order valence-corrected chi connectivity index (χ2v) is 7.08. The van der Waals surface area contributed by atoms with Gasteiger partial charge in [0, 0.05) is 32.9 Å². The summed E-state index contributed by atoms with van der Waals surface area (Å²) >= 11 is 0. The van der Waals surface area contributed by atoms with Crippen LogP contribution >= 0.6 is 0 Å². The molecule has 0 unspecified atom stereocenters. The number of methoxy groups -OCH3 is 1. The number of hydrogen-bond acceptors (Lipinski definition) is 5. The Kier molecular flexibility index (Phi) is 7.87. The van der Waals surface area contributed by atoms with Gasteiger partial charge in [-0.15, -0.1) is 0 Å². The number of hydrogen-bond donors (Lipinski definition) is 1. The van der Waals surface area contributed by atoms with Crippen molar-refractivity contribution in [2.75, 3.05) is 32.7 Å². The second-order valence-electron chi connectivity index (χ2n) is 7.08. The predicted molar refractivity (Wildman–Crippen MR) is 113 cm³/mol. The molecule has 0 aliphatic carbocycles. The van der Waals surface area contributed by atoms with Gasteiger partial charge in [0.1, 0.15) is 5.82 Å². The van der Waals surface area contributed by atoms with Crippen molar-refractivity contribution in [3.05, 3.63) is 53.7 Å². The normalized spacial score (nSPS) is 10.9. The number of amides is 1. The van der Waals surface area contributed by atoms with Crippen molar-refractivity contribution in [2.24, 2.45) is 5.92 Å². The summed E-state index contributed by atoms with van der Waals surface area (Å²) in [5, 5.41) is 2.88. The van der Waals surface area contributed by atoms with Crippen molar-refractivity contribution in [3.8, 4) is 11.5 Å². The molecule has 0 radical (unpaired) electrons. The summed E-state index contributed by atoms with van der Waals surface area (Å²) in [5.74, 6) is 2.47. The molecule has 1 N–H and O–H groups in total. The summed E-state index contributed by atoms with van der Waals surface area (Å²) < 4.78 is 11.1. The monoisotopic (exact) mass is 383 g/mol. The Morgan fingerprint density at radius 1 is 1.21 bits per heavy atom. The number of carbonyl (C=O) groups excluding carboxylic acids is 1. The van der Waals surface area contributed by atoms with Crippen LogP contribution in [-0.2, 0) is 11.3 Å². The molecule has 2 rings (SSSR count). The number of nitrogens with one attached hydrogen (secondary N) is 1. The fourth-order valence-corrected chi connectivity index (χ4v) is 2.40. The number of anilines is 1. The lowest BCUT2D eigenvalue weighted by Crippen LogP contribution is -2.20. The van der Waals surface area contributed by atoms with E-state index in [2.05, 4.69) is 24.1 Å². The van der Waals surface area contributed by atoms with Gasteiger partial charge in [-0.05, 0) is 47.4 Å². The Balaban J connectivity index is 1.95. The van der Waals surface area contributed by atoms with Crippen LogP contribution in [0.5, 0.6) is 11.5 Å². The van der Waals surface area contributed by atoms with E-state index < -0.39 is 0 Å². The third-order valence-corrected chi connectivity index (χ3v) is 3.92. The van der Waals surface area contributed by atoms with E-state index in [-0.39, 0.29) is 5.91 Å². The molecule has 6 heteroatoms. The highest BCUT2D eigenvalue weighted by Crippen LogP contribution is 2.29. The smallest absolute Gasteiger partial charge is 0.244 e. The van der Waals surface area contributed by atoms with Gasteiger partial charge >= 0.3 is 0 Å². The van der Waals surface area contributed by atoms with Crippen LogP contribution in [0.3, 0.4) is 0 Å². The van der Waals surface area contributed by atoms with Crippen LogP contribution in [0.2, 0.25) is 0 Å². The number of nitrogens with zero attached hydrogens (tertiary/aromatic N) is 2. The Labute approximate surface area is 167 Å². The number of carbonyl (C=O) groups is 1. The van der Waals surface area contributed by atoms with Gasteiger partial charge in [-0.1, -0.05) is 19.9 Å². The maximum atomic E-state index is 12.1. The molecule has 1 aromatic heterocycles. The first-order valence-electron chi connectivity index (χ1n) is 9.28.